The van der Waals surface area contributed by atoms with Crippen molar-refractivity contribution >= 4 is 0 Å². The quantitative estimate of drug-likeness (QED) is 0.622. The van der Waals surface area contributed by atoms with Gasteiger partial charge in [-0.05, 0) is 62.2 Å². The molecule has 2 aliphatic rings. The average Bonchev–Trinajstić information content (AvgIpc) is 2.47. The molecule has 0 spiro atoms. The van der Waals surface area contributed by atoms with Crippen LogP contribution in [0.15, 0.2) is 0 Å². The van der Waals surface area contributed by atoms with E-state index in [-0.39, 0.29) is 0 Å². The molecule has 0 saturated heterocycles. The van der Waals surface area contributed by atoms with Gasteiger partial charge in [-0.15, -0.1) is 0 Å². The van der Waals surface area contributed by atoms with E-state index >= 15 is 0 Å². The van der Waals surface area contributed by atoms with Gasteiger partial charge in [-0.25, -0.2) is 0 Å². The number of hydrogen-bond donors (Lipinski definition) is 0. The Bertz CT molecular complexity index is 222. The first kappa shape index (κ1) is 15.4. The molecule has 0 aliphatic heterocycles. The molecule has 0 radical (unpaired) electrons. The Morgan fingerprint density at radius 2 is 1.32 bits per heavy atom. The van der Waals surface area contributed by atoms with Crippen molar-refractivity contribution in [3.05, 3.63) is 0 Å². The molecule has 0 heterocycles. The summed E-state index contributed by atoms with van der Waals surface area (Å²) in [5.41, 5.74) is 0. The van der Waals surface area contributed by atoms with Gasteiger partial charge in [0.05, 0.1) is 0 Å². The van der Waals surface area contributed by atoms with E-state index in [1.165, 1.54) is 70.6 Å². The first-order chi connectivity index (χ1) is 9.33. The fourth-order valence-electron chi connectivity index (χ4n) is 4.50. The number of methoxy groups -OCH3 is 1. The van der Waals surface area contributed by atoms with Gasteiger partial charge in [0.15, 0.2) is 0 Å². The molecule has 0 aromatic carbocycles. The standard InChI is InChI=1S/C18H34O/c1-3-4-5-15-6-10-17(11-7-15)18-12-8-16(9-13-18)14-19-2/h15-18H,3-14H2,1-2H3/t15-,16-,17-,18-. The Labute approximate surface area is 120 Å². The van der Waals surface area contributed by atoms with E-state index in [1.54, 1.807) is 0 Å². The van der Waals surface area contributed by atoms with Gasteiger partial charge in [0.2, 0.25) is 0 Å². The van der Waals surface area contributed by atoms with Crippen LogP contribution in [0.1, 0.15) is 77.6 Å². The summed E-state index contributed by atoms with van der Waals surface area (Å²) >= 11 is 0. The van der Waals surface area contributed by atoms with Crippen LogP contribution in [0.5, 0.6) is 0 Å². The Morgan fingerprint density at radius 3 is 1.79 bits per heavy atom. The van der Waals surface area contributed by atoms with Gasteiger partial charge < -0.3 is 4.74 Å². The monoisotopic (exact) mass is 266 g/mol. The molecule has 2 saturated carbocycles. The second-order valence-electron chi connectivity index (χ2n) is 7.16. The summed E-state index contributed by atoms with van der Waals surface area (Å²) in [6, 6.07) is 0. The molecule has 0 amide bonds. The molecular weight excluding hydrogens is 232 g/mol. The zero-order valence-electron chi connectivity index (χ0n) is 13.2. The molecule has 0 N–H and O–H groups in total. The van der Waals surface area contributed by atoms with Gasteiger partial charge in [0.25, 0.3) is 0 Å². The molecule has 0 bridgehead atoms. The van der Waals surface area contributed by atoms with E-state index < -0.39 is 0 Å². The van der Waals surface area contributed by atoms with Crippen LogP contribution in [0.25, 0.3) is 0 Å². The van der Waals surface area contributed by atoms with Crippen LogP contribution in [0.3, 0.4) is 0 Å². The molecule has 112 valence electrons. The summed E-state index contributed by atoms with van der Waals surface area (Å²) in [6.07, 6.45) is 16.3. The van der Waals surface area contributed by atoms with Crippen molar-refractivity contribution < 1.29 is 4.74 Å². The molecule has 1 heteroatoms. The van der Waals surface area contributed by atoms with Crippen LogP contribution in [0, 0.1) is 23.7 Å². The number of ether oxygens (including phenoxy) is 1. The van der Waals surface area contributed by atoms with Crippen LogP contribution >= 0.6 is 0 Å². The molecular formula is C18H34O. The summed E-state index contributed by atoms with van der Waals surface area (Å²) in [4.78, 5) is 0. The third kappa shape index (κ3) is 4.77. The second-order valence-corrected chi connectivity index (χ2v) is 7.16. The summed E-state index contributed by atoms with van der Waals surface area (Å²) in [5, 5.41) is 0. The first-order valence-corrected chi connectivity index (χ1v) is 8.82. The molecule has 0 aromatic rings. The van der Waals surface area contributed by atoms with Gasteiger partial charge in [-0.1, -0.05) is 39.0 Å². The van der Waals surface area contributed by atoms with Crippen molar-refractivity contribution in [2.45, 2.75) is 77.6 Å². The topological polar surface area (TPSA) is 9.23 Å². The molecule has 1 nitrogen and oxygen atoms in total. The van der Waals surface area contributed by atoms with Gasteiger partial charge in [-0.3, -0.25) is 0 Å². The van der Waals surface area contributed by atoms with Gasteiger partial charge in [0, 0.05) is 13.7 Å². The highest BCUT2D eigenvalue weighted by molar-refractivity contribution is 4.82. The van der Waals surface area contributed by atoms with Gasteiger partial charge in [0.1, 0.15) is 0 Å². The molecule has 19 heavy (non-hydrogen) atoms. The third-order valence-corrected chi connectivity index (χ3v) is 5.82. The van der Waals surface area contributed by atoms with Crippen LogP contribution in [0.4, 0.5) is 0 Å². The molecule has 0 aromatic heterocycles. The van der Waals surface area contributed by atoms with E-state index in [0.717, 1.165) is 30.3 Å². The molecule has 2 rings (SSSR count). The lowest BCUT2D eigenvalue weighted by atomic mass is 9.69. The van der Waals surface area contributed by atoms with Crippen LogP contribution < -0.4 is 0 Å². The first-order valence-electron chi connectivity index (χ1n) is 8.82. The Balaban J connectivity index is 1.65. The zero-order chi connectivity index (χ0) is 13.5. The van der Waals surface area contributed by atoms with Gasteiger partial charge >= 0.3 is 0 Å². The number of hydrogen-bond acceptors (Lipinski definition) is 1. The largest absolute Gasteiger partial charge is 0.384 e. The van der Waals surface area contributed by atoms with Crippen LogP contribution in [0.2, 0.25) is 0 Å². The predicted octanol–water partition coefficient (Wildman–Crippen LogP) is 5.44. The lowest BCUT2D eigenvalue weighted by Gasteiger charge is -2.37. The predicted molar refractivity (Wildman–Crippen MR) is 82.3 cm³/mol. The van der Waals surface area contributed by atoms with Crippen molar-refractivity contribution in [1.29, 1.82) is 0 Å². The van der Waals surface area contributed by atoms with Crippen molar-refractivity contribution in [1.82, 2.24) is 0 Å². The Morgan fingerprint density at radius 1 is 0.789 bits per heavy atom. The minimum absolute atomic E-state index is 0.863. The Hall–Kier alpha value is -0.0400. The smallest absolute Gasteiger partial charge is 0.0490 e. The minimum Gasteiger partial charge on any atom is -0.384 e. The molecule has 0 unspecified atom stereocenters. The molecule has 2 aliphatic carbocycles. The maximum Gasteiger partial charge on any atom is 0.0490 e. The molecule has 0 atom stereocenters. The summed E-state index contributed by atoms with van der Waals surface area (Å²) in [7, 11) is 1.85. The van der Waals surface area contributed by atoms with Crippen molar-refractivity contribution in [2.75, 3.05) is 13.7 Å². The fourth-order valence-corrected chi connectivity index (χ4v) is 4.50. The SMILES string of the molecule is CCCC[C@H]1CC[C@H]([C@H]2CC[C@H](COC)CC2)CC1. The minimum atomic E-state index is 0.863. The van der Waals surface area contributed by atoms with Crippen molar-refractivity contribution in [3.63, 3.8) is 0 Å². The van der Waals surface area contributed by atoms with E-state index in [0.29, 0.717) is 0 Å². The van der Waals surface area contributed by atoms with E-state index in [9.17, 15) is 0 Å². The van der Waals surface area contributed by atoms with Gasteiger partial charge in [-0.2, -0.15) is 0 Å². The maximum absolute atomic E-state index is 5.31. The van der Waals surface area contributed by atoms with E-state index in [2.05, 4.69) is 6.92 Å². The van der Waals surface area contributed by atoms with Crippen LogP contribution in [-0.2, 0) is 4.74 Å². The average molecular weight is 266 g/mol. The second kappa shape index (κ2) is 8.29. The number of unbranched alkanes of at least 4 members (excludes halogenated alkanes) is 1. The van der Waals surface area contributed by atoms with Crippen molar-refractivity contribution in [2.24, 2.45) is 23.7 Å². The lowest BCUT2D eigenvalue weighted by molar-refractivity contribution is 0.0925. The maximum atomic E-state index is 5.31. The van der Waals surface area contributed by atoms with E-state index in [4.69, 9.17) is 4.74 Å². The normalized spacial score (nSPS) is 36.3. The number of rotatable bonds is 6. The highest BCUT2D eigenvalue weighted by Gasteiger charge is 2.30. The van der Waals surface area contributed by atoms with E-state index in [1.807, 2.05) is 7.11 Å². The summed E-state index contributed by atoms with van der Waals surface area (Å²) in [5.74, 6) is 4.06. The summed E-state index contributed by atoms with van der Waals surface area (Å²) in [6.45, 7) is 3.32. The highest BCUT2D eigenvalue weighted by Crippen LogP contribution is 2.42. The van der Waals surface area contributed by atoms with Crippen molar-refractivity contribution in [3.8, 4) is 0 Å². The highest BCUT2D eigenvalue weighted by atomic mass is 16.5. The molecule has 2 fully saturated rings. The third-order valence-electron chi connectivity index (χ3n) is 5.82. The van der Waals surface area contributed by atoms with Crippen LogP contribution in [-0.4, -0.2) is 13.7 Å². The summed E-state index contributed by atoms with van der Waals surface area (Å²) < 4.78 is 5.31. The zero-order valence-corrected chi connectivity index (χ0v) is 13.2. The lowest BCUT2D eigenvalue weighted by Crippen LogP contribution is -2.27. The fraction of sp³-hybridized carbons (Fsp3) is 1.00. The Kier molecular flexibility index (Phi) is 6.70.